The molecule has 1 heterocycles. The van der Waals surface area contributed by atoms with Crippen LogP contribution in [0.4, 0.5) is 4.39 Å². The maximum Gasteiger partial charge on any atom is 0.165 e. The number of methoxy groups -OCH3 is 1. The van der Waals surface area contributed by atoms with Crippen molar-refractivity contribution in [2.75, 3.05) is 13.7 Å². The van der Waals surface area contributed by atoms with E-state index in [1.54, 1.807) is 12.3 Å². The van der Waals surface area contributed by atoms with Crippen LogP contribution in [0.1, 0.15) is 29.9 Å². The van der Waals surface area contributed by atoms with Crippen LogP contribution in [-0.4, -0.2) is 13.7 Å². The Kier molecular flexibility index (Phi) is 4.79. The average Bonchev–Trinajstić information content (AvgIpc) is 2.85. The van der Waals surface area contributed by atoms with E-state index >= 15 is 0 Å². The molecule has 3 nitrogen and oxygen atoms in total. The number of hydrogen-bond donors (Lipinski definition) is 1. The summed E-state index contributed by atoms with van der Waals surface area (Å²) >= 11 is 0. The standard InChI is InChI=1S/C16H20FNO2/c1-4-18-15(13-7-11(2)20-10-13)9-12-5-6-16(19-3)14(17)8-12/h5-8,10,15,18H,4,9H2,1-3H3. The molecule has 0 fully saturated rings. The van der Waals surface area contributed by atoms with Crippen LogP contribution in [0.25, 0.3) is 0 Å². The predicted molar refractivity (Wildman–Crippen MR) is 76.5 cm³/mol. The van der Waals surface area contributed by atoms with E-state index in [1.807, 2.05) is 19.1 Å². The Labute approximate surface area is 118 Å². The molecular weight excluding hydrogens is 257 g/mol. The third-order valence-corrected chi connectivity index (χ3v) is 3.26. The van der Waals surface area contributed by atoms with E-state index in [0.29, 0.717) is 6.42 Å². The van der Waals surface area contributed by atoms with Crippen molar-refractivity contribution in [1.29, 1.82) is 0 Å². The second-order valence-electron chi connectivity index (χ2n) is 4.77. The van der Waals surface area contributed by atoms with E-state index in [0.717, 1.165) is 23.4 Å². The number of rotatable bonds is 6. The van der Waals surface area contributed by atoms with Crippen molar-refractivity contribution in [2.24, 2.45) is 0 Å². The van der Waals surface area contributed by atoms with Gasteiger partial charge in [-0.15, -0.1) is 0 Å². The van der Waals surface area contributed by atoms with Crippen molar-refractivity contribution >= 4 is 0 Å². The van der Waals surface area contributed by atoms with Gasteiger partial charge in [-0.05, 0) is 43.7 Å². The second-order valence-corrected chi connectivity index (χ2v) is 4.77. The Hall–Kier alpha value is -1.81. The summed E-state index contributed by atoms with van der Waals surface area (Å²) in [5, 5.41) is 3.40. The van der Waals surface area contributed by atoms with E-state index in [-0.39, 0.29) is 17.6 Å². The number of aryl methyl sites for hydroxylation is 1. The summed E-state index contributed by atoms with van der Waals surface area (Å²) in [4.78, 5) is 0. The van der Waals surface area contributed by atoms with Crippen LogP contribution in [0.2, 0.25) is 0 Å². The molecule has 108 valence electrons. The van der Waals surface area contributed by atoms with Crippen molar-refractivity contribution in [3.8, 4) is 5.75 Å². The second kappa shape index (κ2) is 6.57. The fourth-order valence-electron chi connectivity index (χ4n) is 2.27. The van der Waals surface area contributed by atoms with Gasteiger partial charge in [0.05, 0.1) is 13.4 Å². The number of nitrogens with one attached hydrogen (secondary N) is 1. The molecular formula is C16H20FNO2. The maximum absolute atomic E-state index is 13.7. The Morgan fingerprint density at radius 3 is 2.70 bits per heavy atom. The molecule has 0 saturated carbocycles. The SMILES string of the molecule is CCNC(Cc1ccc(OC)c(F)c1)c1coc(C)c1. The first-order valence-electron chi connectivity index (χ1n) is 6.75. The molecule has 0 amide bonds. The summed E-state index contributed by atoms with van der Waals surface area (Å²) in [6, 6.07) is 7.20. The number of likely N-dealkylation sites (N-methyl/N-ethyl adjacent to an activating group) is 1. The zero-order chi connectivity index (χ0) is 14.5. The van der Waals surface area contributed by atoms with Gasteiger partial charge in [0.15, 0.2) is 11.6 Å². The first-order valence-corrected chi connectivity index (χ1v) is 6.75. The number of furan rings is 1. The lowest BCUT2D eigenvalue weighted by Gasteiger charge is -2.16. The van der Waals surface area contributed by atoms with E-state index in [2.05, 4.69) is 12.2 Å². The highest BCUT2D eigenvalue weighted by molar-refractivity contribution is 5.31. The molecule has 1 atom stereocenters. The van der Waals surface area contributed by atoms with Gasteiger partial charge in [0.1, 0.15) is 5.76 Å². The molecule has 1 aromatic carbocycles. The summed E-state index contributed by atoms with van der Waals surface area (Å²) in [6.07, 6.45) is 2.45. The molecule has 0 radical (unpaired) electrons. The minimum Gasteiger partial charge on any atom is -0.494 e. The molecule has 0 aliphatic carbocycles. The minimum atomic E-state index is -0.330. The molecule has 1 aromatic heterocycles. The summed E-state index contributed by atoms with van der Waals surface area (Å²) < 4.78 is 24.0. The number of ether oxygens (including phenoxy) is 1. The van der Waals surface area contributed by atoms with Gasteiger partial charge in [-0.25, -0.2) is 4.39 Å². The summed E-state index contributed by atoms with van der Waals surface area (Å²) in [5.74, 6) is 0.820. The molecule has 0 aliphatic rings. The third-order valence-electron chi connectivity index (χ3n) is 3.26. The van der Waals surface area contributed by atoms with Gasteiger partial charge in [-0.3, -0.25) is 0 Å². The molecule has 1 N–H and O–H groups in total. The van der Waals surface area contributed by atoms with Gasteiger partial charge >= 0.3 is 0 Å². The quantitative estimate of drug-likeness (QED) is 0.875. The highest BCUT2D eigenvalue weighted by Gasteiger charge is 2.14. The number of benzene rings is 1. The summed E-state index contributed by atoms with van der Waals surface area (Å²) in [6.45, 7) is 4.81. The maximum atomic E-state index is 13.7. The molecule has 2 rings (SSSR count). The molecule has 0 spiro atoms. The highest BCUT2D eigenvalue weighted by atomic mass is 19.1. The smallest absolute Gasteiger partial charge is 0.165 e. The molecule has 0 bridgehead atoms. The van der Waals surface area contributed by atoms with Crippen LogP contribution >= 0.6 is 0 Å². The van der Waals surface area contributed by atoms with Crippen LogP contribution in [0.15, 0.2) is 34.9 Å². The van der Waals surface area contributed by atoms with Gasteiger partial charge in [0.2, 0.25) is 0 Å². The van der Waals surface area contributed by atoms with Crippen molar-refractivity contribution in [3.05, 3.63) is 53.2 Å². The lowest BCUT2D eigenvalue weighted by molar-refractivity contribution is 0.386. The summed E-state index contributed by atoms with van der Waals surface area (Å²) in [7, 11) is 1.47. The number of hydrogen-bond acceptors (Lipinski definition) is 3. The molecule has 4 heteroatoms. The lowest BCUT2D eigenvalue weighted by Crippen LogP contribution is -2.22. The van der Waals surface area contributed by atoms with Gasteiger partial charge in [-0.1, -0.05) is 13.0 Å². The lowest BCUT2D eigenvalue weighted by atomic mass is 10.0. The largest absolute Gasteiger partial charge is 0.494 e. The topological polar surface area (TPSA) is 34.4 Å². The summed E-state index contributed by atoms with van der Waals surface area (Å²) in [5.41, 5.74) is 2.01. The van der Waals surface area contributed by atoms with Crippen LogP contribution in [-0.2, 0) is 6.42 Å². The first-order chi connectivity index (χ1) is 9.63. The van der Waals surface area contributed by atoms with Crippen molar-refractivity contribution in [3.63, 3.8) is 0 Å². The van der Waals surface area contributed by atoms with Crippen LogP contribution in [0, 0.1) is 12.7 Å². The zero-order valence-corrected chi connectivity index (χ0v) is 12.1. The number of halogens is 1. The molecule has 0 aliphatic heterocycles. The van der Waals surface area contributed by atoms with Crippen LogP contribution < -0.4 is 10.1 Å². The predicted octanol–water partition coefficient (Wildman–Crippen LogP) is 3.63. The van der Waals surface area contributed by atoms with Gasteiger partial charge < -0.3 is 14.5 Å². The van der Waals surface area contributed by atoms with E-state index in [9.17, 15) is 4.39 Å². The Morgan fingerprint density at radius 1 is 1.35 bits per heavy atom. The molecule has 1 unspecified atom stereocenters. The average molecular weight is 277 g/mol. The van der Waals surface area contributed by atoms with Crippen LogP contribution in [0.5, 0.6) is 5.75 Å². The Bertz CT molecular complexity index is 565. The van der Waals surface area contributed by atoms with Crippen molar-refractivity contribution in [1.82, 2.24) is 5.32 Å². The molecule has 0 saturated heterocycles. The molecule has 2 aromatic rings. The third kappa shape index (κ3) is 3.39. The van der Waals surface area contributed by atoms with E-state index in [1.165, 1.54) is 13.2 Å². The Balaban J connectivity index is 2.17. The highest BCUT2D eigenvalue weighted by Crippen LogP contribution is 2.24. The monoisotopic (exact) mass is 277 g/mol. The first kappa shape index (κ1) is 14.6. The Morgan fingerprint density at radius 2 is 2.15 bits per heavy atom. The van der Waals surface area contributed by atoms with Crippen LogP contribution in [0.3, 0.4) is 0 Å². The van der Waals surface area contributed by atoms with E-state index < -0.39 is 0 Å². The van der Waals surface area contributed by atoms with Gasteiger partial charge in [-0.2, -0.15) is 0 Å². The van der Waals surface area contributed by atoms with Gasteiger partial charge in [0.25, 0.3) is 0 Å². The normalized spacial score (nSPS) is 12.4. The molecule has 20 heavy (non-hydrogen) atoms. The van der Waals surface area contributed by atoms with E-state index in [4.69, 9.17) is 9.15 Å². The van der Waals surface area contributed by atoms with Crippen molar-refractivity contribution in [2.45, 2.75) is 26.3 Å². The minimum absolute atomic E-state index is 0.116. The van der Waals surface area contributed by atoms with Gasteiger partial charge in [0, 0.05) is 11.6 Å². The zero-order valence-electron chi connectivity index (χ0n) is 12.1. The fourth-order valence-corrected chi connectivity index (χ4v) is 2.27. The fraction of sp³-hybridized carbons (Fsp3) is 0.375. The van der Waals surface area contributed by atoms with Crippen molar-refractivity contribution < 1.29 is 13.5 Å².